The minimum Gasteiger partial charge on any atom is -0.324 e. The van der Waals surface area contributed by atoms with Crippen LogP contribution in [0.5, 0.6) is 0 Å². The zero-order valence-electron chi connectivity index (χ0n) is 8.50. The Morgan fingerprint density at radius 1 is 1.44 bits per heavy atom. The van der Waals surface area contributed by atoms with Crippen molar-refractivity contribution in [2.24, 2.45) is 5.92 Å². The number of nitrogens with one attached hydrogen (secondary N) is 1. The lowest BCUT2D eigenvalue weighted by molar-refractivity contribution is -0.119. The summed E-state index contributed by atoms with van der Waals surface area (Å²) in [6, 6.07) is 5.07. The summed E-state index contributed by atoms with van der Waals surface area (Å²) in [6.07, 6.45) is 0.946. The molecule has 1 aliphatic heterocycles. The first-order valence-electron chi connectivity index (χ1n) is 5.00. The molecule has 1 saturated heterocycles. The molecule has 2 rings (SSSR count). The van der Waals surface area contributed by atoms with Crippen LogP contribution in [-0.2, 0) is 4.79 Å². The highest BCUT2D eigenvalue weighted by molar-refractivity contribution is 7.99. The van der Waals surface area contributed by atoms with Crippen molar-refractivity contribution in [3.63, 3.8) is 0 Å². The molecule has 1 aliphatic rings. The number of anilines is 1. The lowest BCUT2D eigenvalue weighted by atomic mass is 10.1. The van der Waals surface area contributed by atoms with Crippen LogP contribution in [0.2, 0.25) is 10.0 Å². The first-order chi connectivity index (χ1) is 7.66. The molecule has 1 aromatic rings. The van der Waals surface area contributed by atoms with E-state index in [9.17, 15) is 4.79 Å². The molecule has 0 aliphatic carbocycles. The second kappa shape index (κ2) is 5.30. The Hall–Kier alpha value is -0.380. The molecule has 0 aromatic heterocycles. The van der Waals surface area contributed by atoms with E-state index in [0.29, 0.717) is 15.7 Å². The zero-order chi connectivity index (χ0) is 11.5. The fraction of sp³-hybridized carbons (Fsp3) is 0.364. The number of halogens is 2. The Kier molecular flexibility index (Phi) is 4.00. The fourth-order valence-electron chi connectivity index (χ4n) is 1.57. The fourth-order valence-corrected chi connectivity index (χ4v) is 3.24. The Morgan fingerprint density at radius 3 is 2.88 bits per heavy atom. The molecule has 86 valence electrons. The number of rotatable bonds is 2. The summed E-state index contributed by atoms with van der Waals surface area (Å²) in [5.74, 6) is 2.12. The van der Waals surface area contributed by atoms with Crippen molar-refractivity contribution in [2.75, 3.05) is 16.8 Å². The van der Waals surface area contributed by atoms with Gasteiger partial charge in [-0.2, -0.15) is 11.8 Å². The summed E-state index contributed by atoms with van der Waals surface area (Å²) in [5.41, 5.74) is 0.632. The summed E-state index contributed by atoms with van der Waals surface area (Å²) in [5, 5.41) is 3.88. The third kappa shape index (κ3) is 2.84. The van der Waals surface area contributed by atoms with E-state index in [-0.39, 0.29) is 11.8 Å². The minimum atomic E-state index is 0.0502. The van der Waals surface area contributed by atoms with Crippen molar-refractivity contribution in [3.8, 4) is 0 Å². The van der Waals surface area contributed by atoms with E-state index >= 15 is 0 Å². The lowest BCUT2D eigenvalue weighted by Crippen LogP contribution is -2.22. The van der Waals surface area contributed by atoms with E-state index in [4.69, 9.17) is 23.2 Å². The van der Waals surface area contributed by atoms with E-state index in [1.165, 1.54) is 0 Å². The number of amides is 1. The maximum Gasteiger partial charge on any atom is 0.228 e. The number of hydrogen-bond acceptors (Lipinski definition) is 2. The van der Waals surface area contributed by atoms with E-state index in [1.807, 2.05) is 11.8 Å². The third-order valence-electron chi connectivity index (χ3n) is 2.49. The van der Waals surface area contributed by atoms with Crippen molar-refractivity contribution >= 4 is 46.6 Å². The Morgan fingerprint density at radius 2 is 2.25 bits per heavy atom. The second-order valence-corrected chi connectivity index (χ2v) is 5.67. The number of carbonyl (C=O) groups excluding carboxylic acids is 1. The van der Waals surface area contributed by atoms with Crippen LogP contribution in [0.4, 0.5) is 5.69 Å². The molecule has 1 amide bonds. The van der Waals surface area contributed by atoms with Gasteiger partial charge in [-0.25, -0.2) is 0 Å². The summed E-state index contributed by atoms with van der Waals surface area (Å²) in [4.78, 5) is 11.8. The van der Waals surface area contributed by atoms with E-state index in [0.717, 1.165) is 17.9 Å². The van der Waals surface area contributed by atoms with Crippen LogP contribution in [0.15, 0.2) is 18.2 Å². The van der Waals surface area contributed by atoms with Gasteiger partial charge in [0, 0.05) is 16.7 Å². The number of benzene rings is 1. The van der Waals surface area contributed by atoms with Gasteiger partial charge in [0.1, 0.15) is 0 Å². The molecular formula is C11H11Cl2NOS. The van der Waals surface area contributed by atoms with Crippen molar-refractivity contribution in [1.29, 1.82) is 0 Å². The molecule has 0 radical (unpaired) electrons. The summed E-state index contributed by atoms with van der Waals surface area (Å²) < 4.78 is 0. The van der Waals surface area contributed by atoms with Gasteiger partial charge in [-0.15, -0.1) is 0 Å². The van der Waals surface area contributed by atoms with Gasteiger partial charge in [0.2, 0.25) is 5.91 Å². The van der Waals surface area contributed by atoms with Crippen LogP contribution in [0, 0.1) is 5.92 Å². The normalized spacial score (nSPS) is 19.8. The highest BCUT2D eigenvalue weighted by Crippen LogP contribution is 2.28. The standard InChI is InChI=1S/C11H11Cl2NOS/c12-8-1-2-10(9(13)5-8)14-11(15)7-3-4-16-6-7/h1-2,5,7H,3-4,6H2,(H,14,15). The third-order valence-corrected chi connectivity index (χ3v) is 4.20. The second-order valence-electron chi connectivity index (χ2n) is 3.67. The van der Waals surface area contributed by atoms with Crippen molar-refractivity contribution < 1.29 is 4.79 Å². The minimum absolute atomic E-state index is 0.0502. The highest BCUT2D eigenvalue weighted by Gasteiger charge is 2.23. The first-order valence-corrected chi connectivity index (χ1v) is 6.91. The smallest absolute Gasteiger partial charge is 0.228 e. The molecule has 5 heteroatoms. The molecule has 0 spiro atoms. The predicted molar refractivity (Wildman–Crippen MR) is 70.5 cm³/mol. The van der Waals surface area contributed by atoms with Gasteiger partial charge in [0.15, 0.2) is 0 Å². The molecule has 1 aromatic carbocycles. The van der Waals surface area contributed by atoms with Gasteiger partial charge in [-0.3, -0.25) is 4.79 Å². The van der Waals surface area contributed by atoms with Crippen LogP contribution < -0.4 is 5.32 Å². The van der Waals surface area contributed by atoms with E-state index in [2.05, 4.69) is 5.32 Å². The molecule has 1 N–H and O–H groups in total. The van der Waals surface area contributed by atoms with Crippen molar-refractivity contribution in [3.05, 3.63) is 28.2 Å². The monoisotopic (exact) mass is 275 g/mol. The highest BCUT2D eigenvalue weighted by atomic mass is 35.5. The van der Waals surface area contributed by atoms with Gasteiger partial charge >= 0.3 is 0 Å². The van der Waals surface area contributed by atoms with Gasteiger partial charge in [0.05, 0.1) is 10.7 Å². The zero-order valence-corrected chi connectivity index (χ0v) is 10.8. The van der Waals surface area contributed by atoms with Crippen LogP contribution in [0.25, 0.3) is 0 Å². The van der Waals surface area contributed by atoms with Crippen LogP contribution in [0.1, 0.15) is 6.42 Å². The molecule has 0 saturated carbocycles. The van der Waals surface area contributed by atoms with Gasteiger partial charge in [-0.05, 0) is 30.4 Å². The lowest BCUT2D eigenvalue weighted by Gasteiger charge is -2.11. The van der Waals surface area contributed by atoms with Crippen LogP contribution in [-0.4, -0.2) is 17.4 Å². The molecule has 16 heavy (non-hydrogen) atoms. The SMILES string of the molecule is O=C(Nc1ccc(Cl)cc1Cl)C1CCSC1. The van der Waals surface area contributed by atoms with E-state index in [1.54, 1.807) is 18.2 Å². The Labute approximate surface area is 109 Å². The first kappa shape index (κ1) is 12.1. The molecule has 1 atom stereocenters. The van der Waals surface area contributed by atoms with Crippen LogP contribution in [0.3, 0.4) is 0 Å². The molecule has 0 bridgehead atoms. The molecule has 1 heterocycles. The summed E-state index contributed by atoms with van der Waals surface area (Å²) in [6.45, 7) is 0. The Balaban J connectivity index is 2.05. The predicted octanol–water partition coefficient (Wildman–Crippen LogP) is 3.69. The number of hydrogen-bond donors (Lipinski definition) is 1. The largest absolute Gasteiger partial charge is 0.324 e. The quantitative estimate of drug-likeness (QED) is 0.892. The maximum atomic E-state index is 11.8. The summed E-state index contributed by atoms with van der Waals surface area (Å²) >= 11 is 13.6. The summed E-state index contributed by atoms with van der Waals surface area (Å²) in [7, 11) is 0. The number of carbonyl (C=O) groups is 1. The molecule has 2 nitrogen and oxygen atoms in total. The van der Waals surface area contributed by atoms with Crippen LogP contribution >= 0.6 is 35.0 Å². The molecule has 1 fully saturated rings. The van der Waals surface area contributed by atoms with Gasteiger partial charge < -0.3 is 5.32 Å². The average Bonchev–Trinajstić information content (AvgIpc) is 2.75. The number of thioether (sulfide) groups is 1. The molecular weight excluding hydrogens is 265 g/mol. The van der Waals surface area contributed by atoms with E-state index < -0.39 is 0 Å². The van der Waals surface area contributed by atoms with Crippen molar-refractivity contribution in [2.45, 2.75) is 6.42 Å². The molecule has 1 unspecified atom stereocenters. The maximum absolute atomic E-state index is 11.8. The Bertz CT molecular complexity index is 405. The van der Waals surface area contributed by atoms with Gasteiger partial charge in [0.25, 0.3) is 0 Å². The van der Waals surface area contributed by atoms with Gasteiger partial charge in [-0.1, -0.05) is 23.2 Å². The van der Waals surface area contributed by atoms with Crippen molar-refractivity contribution in [1.82, 2.24) is 0 Å². The topological polar surface area (TPSA) is 29.1 Å². The average molecular weight is 276 g/mol.